The number of fused-ring (bicyclic) bond motifs is 1. The standard InChI is InChI=1S/C14H12N2O5/c17-13(9-1-3-11(4-2-9)16(19)20)21-14(18)12-6-5-10-7-8-15(10)12/h1-4,6,10H,5,7-8H2. The molecule has 2 heterocycles. The quantitative estimate of drug-likeness (QED) is 0.363. The van der Waals surface area contributed by atoms with Crippen molar-refractivity contribution in [3.8, 4) is 0 Å². The molecule has 2 aliphatic heterocycles. The van der Waals surface area contributed by atoms with Gasteiger partial charge in [0.1, 0.15) is 5.70 Å². The van der Waals surface area contributed by atoms with Gasteiger partial charge in [0, 0.05) is 24.7 Å². The van der Waals surface area contributed by atoms with Crippen LogP contribution in [0.15, 0.2) is 36.0 Å². The first-order chi connectivity index (χ1) is 10.1. The number of rotatable bonds is 3. The van der Waals surface area contributed by atoms with Gasteiger partial charge in [-0.15, -0.1) is 0 Å². The molecule has 0 amide bonds. The second kappa shape index (κ2) is 5.01. The van der Waals surface area contributed by atoms with E-state index >= 15 is 0 Å². The Labute approximate surface area is 119 Å². The predicted octanol–water partition coefficient (Wildman–Crippen LogP) is 1.64. The minimum Gasteiger partial charge on any atom is -0.385 e. The Hall–Kier alpha value is -2.70. The number of carbonyl (C=O) groups excluding carboxylic acids is 2. The third kappa shape index (κ3) is 2.37. The van der Waals surface area contributed by atoms with Crippen molar-refractivity contribution in [2.45, 2.75) is 18.9 Å². The maximum absolute atomic E-state index is 11.9. The van der Waals surface area contributed by atoms with E-state index in [1.807, 2.05) is 4.90 Å². The molecular weight excluding hydrogens is 276 g/mol. The van der Waals surface area contributed by atoms with Gasteiger partial charge >= 0.3 is 11.9 Å². The lowest BCUT2D eigenvalue weighted by Crippen LogP contribution is -2.44. The first-order valence-corrected chi connectivity index (χ1v) is 6.54. The summed E-state index contributed by atoms with van der Waals surface area (Å²) in [6.07, 6.45) is 3.63. The first kappa shape index (κ1) is 13.3. The van der Waals surface area contributed by atoms with E-state index in [9.17, 15) is 19.7 Å². The van der Waals surface area contributed by atoms with Crippen LogP contribution in [0, 0.1) is 10.1 Å². The highest BCUT2D eigenvalue weighted by Gasteiger charge is 2.37. The van der Waals surface area contributed by atoms with Gasteiger partial charge in [0.25, 0.3) is 5.69 Å². The molecule has 2 aliphatic rings. The van der Waals surface area contributed by atoms with E-state index in [2.05, 4.69) is 0 Å². The van der Waals surface area contributed by atoms with Crippen molar-refractivity contribution in [3.05, 3.63) is 51.7 Å². The van der Waals surface area contributed by atoms with Crippen molar-refractivity contribution in [1.82, 2.24) is 4.90 Å². The summed E-state index contributed by atoms with van der Waals surface area (Å²) >= 11 is 0. The summed E-state index contributed by atoms with van der Waals surface area (Å²) in [5.74, 6) is -1.47. The zero-order chi connectivity index (χ0) is 15.0. The van der Waals surface area contributed by atoms with Crippen LogP contribution >= 0.6 is 0 Å². The van der Waals surface area contributed by atoms with Crippen LogP contribution < -0.4 is 0 Å². The zero-order valence-corrected chi connectivity index (χ0v) is 11.0. The summed E-state index contributed by atoms with van der Waals surface area (Å²) in [5.41, 5.74) is 0.411. The average Bonchev–Trinajstić information content (AvgIpc) is 2.73. The van der Waals surface area contributed by atoms with Crippen molar-refractivity contribution in [1.29, 1.82) is 0 Å². The third-order valence-electron chi connectivity index (χ3n) is 3.75. The van der Waals surface area contributed by atoms with Crippen LogP contribution in [-0.4, -0.2) is 34.3 Å². The Morgan fingerprint density at radius 1 is 1.24 bits per heavy atom. The smallest absolute Gasteiger partial charge is 0.362 e. The van der Waals surface area contributed by atoms with Crippen LogP contribution in [0.4, 0.5) is 5.69 Å². The molecule has 3 rings (SSSR count). The van der Waals surface area contributed by atoms with E-state index in [1.165, 1.54) is 24.3 Å². The fraction of sp³-hybridized carbons (Fsp3) is 0.286. The number of carbonyl (C=O) groups is 2. The Bertz CT molecular complexity index is 650. The molecule has 0 aliphatic carbocycles. The molecule has 1 aromatic carbocycles. The number of hydrogen-bond acceptors (Lipinski definition) is 6. The Balaban J connectivity index is 1.66. The number of benzene rings is 1. The summed E-state index contributed by atoms with van der Waals surface area (Å²) in [7, 11) is 0. The van der Waals surface area contributed by atoms with E-state index in [4.69, 9.17) is 4.74 Å². The average molecular weight is 288 g/mol. The number of nitro benzene ring substituents is 1. The molecule has 1 atom stereocenters. The number of non-ortho nitro benzene ring substituents is 1. The van der Waals surface area contributed by atoms with Gasteiger partial charge in [0.15, 0.2) is 0 Å². The normalized spacial score (nSPS) is 19.3. The maximum atomic E-state index is 11.9. The van der Waals surface area contributed by atoms with Crippen molar-refractivity contribution in [2.24, 2.45) is 0 Å². The number of ether oxygens (including phenoxy) is 1. The molecule has 0 N–H and O–H groups in total. The Kier molecular flexibility index (Phi) is 3.17. The van der Waals surface area contributed by atoms with Crippen molar-refractivity contribution >= 4 is 17.6 Å². The summed E-state index contributed by atoms with van der Waals surface area (Å²) in [4.78, 5) is 35.7. The molecule has 0 aromatic heterocycles. The van der Waals surface area contributed by atoms with E-state index in [-0.39, 0.29) is 11.3 Å². The SMILES string of the molecule is O=C(OC(=O)c1ccc([N+](=O)[O-])cc1)C1=CCC2CCN12. The molecule has 1 fully saturated rings. The lowest BCUT2D eigenvalue weighted by atomic mass is 10.0. The molecule has 7 nitrogen and oxygen atoms in total. The van der Waals surface area contributed by atoms with Gasteiger partial charge < -0.3 is 9.64 Å². The van der Waals surface area contributed by atoms with Crippen LogP contribution in [0.1, 0.15) is 23.2 Å². The van der Waals surface area contributed by atoms with Crippen LogP contribution in [-0.2, 0) is 9.53 Å². The number of nitro groups is 1. The summed E-state index contributed by atoms with van der Waals surface area (Å²) in [5, 5.41) is 10.5. The second-order valence-corrected chi connectivity index (χ2v) is 4.94. The molecule has 1 saturated heterocycles. The number of esters is 2. The molecule has 7 heteroatoms. The number of nitrogens with zero attached hydrogens (tertiary/aromatic N) is 2. The molecule has 1 unspecified atom stereocenters. The predicted molar refractivity (Wildman–Crippen MR) is 71.3 cm³/mol. The molecule has 0 spiro atoms. The van der Waals surface area contributed by atoms with Crippen LogP contribution in [0.25, 0.3) is 0 Å². The van der Waals surface area contributed by atoms with Gasteiger partial charge in [-0.25, -0.2) is 9.59 Å². The molecular formula is C14H12N2O5. The molecule has 0 radical (unpaired) electrons. The van der Waals surface area contributed by atoms with Gasteiger partial charge in [0.05, 0.1) is 10.5 Å². The largest absolute Gasteiger partial charge is 0.385 e. The fourth-order valence-corrected chi connectivity index (χ4v) is 2.48. The molecule has 108 valence electrons. The van der Waals surface area contributed by atoms with Crippen LogP contribution in [0.3, 0.4) is 0 Å². The summed E-state index contributed by atoms with van der Waals surface area (Å²) in [6, 6.07) is 5.29. The zero-order valence-electron chi connectivity index (χ0n) is 11.0. The fourth-order valence-electron chi connectivity index (χ4n) is 2.48. The van der Waals surface area contributed by atoms with Crippen LogP contribution in [0.2, 0.25) is 0 Å². The minimum atomic E-state index is -0.806. The Morgan fingerprint density at radius 3 is 2.48 bits per heavy atom. The molecule has 21 heavy (non-hydrogen) atoms. The topological polar surface area (TPSA) is 89.8 Å². The number of hydrogen-bond donors (Lipinski definition) is 0. The molecule has 1 aromatic rings. The third-order valence-corrected chi connectivity index (χ3v) is 3.75. The summed E-state index contributed by atoms with van der Waals surface area (Å²) < 4.78 is 4.82. The lowest BCUT2D eigenvalue weighted by Gasteiger charge is -2.38. The second-order valence-electron chi connectivity index (χ2n) is 4.94. The van der Waals surface area contributed by atoms with Gasteiger partial charge in [-0.2, -0.15) is 0 Å². The van der Waals surface area contributed by atoms with Crippen molar-refractivity contribution in [3.63, 3.8) is 0 Å². The van der Waals surface area contributed by atoms with E-state index in [0.717, 1.165) is 19.4 Å². The summed E-state index contributed by atoms with van der Waals surface area (Å²) in [6.45, 7) is 0.803. The van der Waals surface area contributed by atoms with Crippen LogP contribution in [0.5, 0.6) is 0 Å². The van der Waals surface area contributed by atoms with Crippen molar-refractivity contribution in [2.75, 3.05) is 6.54 Å². The highest BCUT2D eigenvalue weighted by Crippen LogP contribution is 2.32. The van der Waals surface area contributed by atoms with Gasteiger partial charge in [-0.1, -0.05) is 6.08 Å². The lowest BCUT2D eigenvalue weighted by molar-refractivity contribution is -0.384. The molecule has 0 bridgehead atoms. The maximum Gasteiger partial charge on any atom is 0.362 e. The minimum absolute atomic E-state index is 0.104. The molecule has 0 saturated carbocycles. The van der Waals surface area contributed by atoms with E-state index in [1.54, 1.807) is 6.08 Å². The van der Waals surface area contributed by atoms with E-state index in [0.29, 0.717) is 11.7 Å². The first-order valence-electron chi connectivity index (χ1n) is 6.54. The highest BCUT2D eigenvalue weighted by atomic mass is 16.6. The monoisotopic (exact) mass is 288 g/mol. The van der Waals surface area contributed by atoms with Gasteiger partial charge in [-0.3, -0.25) is 10.1 Å². The highest BCUT2D eigenvalue weighted by molar-refractivity contribution is 6.02. The van der Waals surface area contributed by atoms with Crippen molar-refractivity contribution < 1.29 is 19.2 Å². The van der Waals surface area contributed by atoms with Gasteiger partial charge in [0.2, 0.25) is 0 Å². The van der Waals surface area contributed by atoms with E-state index < -0.39 is 16.9 Å². The van der Waals surface area contributed by atoms with Gasteiger partial charge in [-0.05, 0) is 25.0 Å². The Morgan fingerprint density at radius 2 is 1.95 bits per heavy atom.